The van der Waals surface area contributed by atoms with Crippen molar-refractivity contribution in [1.29, 1.82) is 0 Å². The zero-order valence-corrected chi connectivity index (χ0v) is 15.1. The van der Waals surface area contributed by atoms with Gasteiger partial charge < -0.3 is 5.32 Å². The SMILES string of the molecule is Fc1ccc(Nc2c(-c3ccc(F)cc3F)nc3sc4ccccc4n23)cc1. The fourth-order valence-corrected chi connectivity index (χ4v) is 4.20. The van der Waals surface area contributed by atoms with E-state index in [1.54, 1.807) is 12.1 Å². The maximum absolute atomic E-state index is 14.5. The molecule has 138 valence electrons. The Labute approximate surface area is 161 Å². The Morgan fingerprint density at radius 1 is 0.857 bits per heavy atom. The van der Waals surface area contributed by atoms with Gasteiger partial charge in [0.25, 0.3) is 0 Å². The molecule has 0 saturated heterocycles. The Hall–Kier alpha value is -3.32. The van der Waals surface area contributed by atoms with Crippen molar-refractivity contribution in [1.82, 2.24) is 9.38 Å². The van der Waals surface area contributed by atoms with Crippen LogP contribution in [0.1, 0.15) is 0 Å². The number of imidazole rings is 1. The molecule has 3 nitrogen and oxygen atoms in total. The van der Waals surface area contributed by atoms with Gasteiger partial charge in [-0.15, -0.1) is 0 Å². The van der Waals surface area contributed by atoms with Crippen molar-refractivity contribution in [3.8, 4) is 11.3 Å². The van der Waals surface area contributed by atoms with E-state index in [0.717, 1.165) is 16.3 Å². The summed E-state index contributed by atoms with van der Waals surface area (Å²) in [5.41, 5.74) is 2.08. The van der Waals surface area contributed by atoms with Gasteiger partial charge in [0.15, 0.2) is 4.96 Å². The van der Waals surface area contributed by atoms with Crippen molar-refractivity contribution in [3.05, 3.63) is 84.2 Å². The third-order valence-electron chi connectivity index (χ3n) is 4.45. The van der Waals surface area contributed by atoms with Crippen molar-refractivity contribution in [2.75, 3.05) is 5.32 Å². The highest BCUT2D eigenvalue weighted by Gasteiger charge is 2.21. The summed E-state index contributed by atoms with van der Waals surface area (Å²) in [6, 6.07) is 17.0. The average molecular weight is 395 g/mol. The molecule has 0 aliphatic rings. The molecular weight excluding hydrogens is 383 g/mol. The van der Waals surface area contributed by atoms with Crippen LogP contribution in [0.5, 0.6) is 0 Å². The lowest BCUT2D eigenvalue weighted by atomic mass is 10.1. The Morgan fingerprint density at radius 2 is 1.61 bits per heavy atom. The molecule has 0 amide bonds. The first-order valence-electron chi connectivity index (χ1n) is 8.48. The lowest BCUT2D eigenvalue weighted by Crippen LogP contribution is -1.98. The van der Waals surface area contributed by atoms with Gasteiger partial charge in [0, 0.05) is 17.3 Å². The molecule has 0 aliphatic heterocycles. The van der Waals surface area contributed by atoms with Crippen LogP contribution < -0.4 is 5.32 Å². The third-order valence-corrected chi connectivity index (χ3v) is 5.47. The maximum Gasteiger partial charge on any atom is 0.197 e. The predicted molar refractivity (Wildman–Crippen MR) is 106 cm³/mol. The molecule has 0 bridgehead atoms. The summed E-state index contributed by atoms with van der Waals surface area (Å²) in [6.07, 6.45) is 0. The molecular formula is C21H12F3N3S. The van der Waals surface area contributed by atoms with Crippen molar-refractivity contribution in [3.63, 3.8) is 0 Å². The topological polar surface area (TPSA) is 29.3 Å². The summed E-state index contributed by atoms with van der Waals surface area (Å²) >= 11 is 1.47. The van der Waals surface area contributed by atoms with Gasteiger partial charge in [-0.3, -0.25) is 4.40 Å². The van der Waals surface area contributed by atoms with Gasteiger partial charge in [-0.05, 0) is 48.5 Å². The van der Waals surface area contributed by atoms with Crippen LogP contribution in [0.25, 0.3) is 26.4 Å². The number of hydrogen-bond donors (Lipinski definition) is 1. The fourth-order valence-electron chi connectivity index (χ4n) is 3.17. The van der Waals surface area contributed by atoms with Crippen LogP contribution in [-0.2, 0) is 0 Å². The first kappa shape index (κ1) is 16.8. The van der Waals surface area contributed by atoms with Gasteiger partial charge in [-0.25, -0.2) is 18.2 Å². The number of fused-ring (bicyclic) bond motifs is 3. The van der Waals surface area contributed by atoms with Crippen molar-refractivity contribution >= 4 is 38.0 Å². The van der Waals surface area contributed by atoms with Crippen LogP contribution in [-0.4, -0.2) is 9.38 Å². The second-order valence-electron chi connectivity index (χ2n) is 6.25. The first-order valence-corrected chi connectivity index (χ1v) is 9.30. The number of nitrogens with zero attached hydrogens (tertiary/aromatic N) is 2. The third kappa shape index (κ3) is 2.71. The van der Waals surface area contributed by atoms with Gasteiger partial charge in [0.1, 0.15) is 29.0 Å². The van der Waals surface area contributed by atoms with E-state index in [-0.39, 0.29) is 11.4 Å². The molecule has 5 aromatic rings. The molecule has 0 unspecified atom stereocenters. The van der Waals surface area contributed by atoms with E-state index in [4.69, 9.17) is 0 Å². The molecule has 5 rings (SSSR count). The Balaban J connectivity index is 1.78. The molecule has 3 aromatic carbocycles. The molecule has 0 aliphatic carbocycles. The van der Waals surface area contributed by atoms with Crippen molar-refractivity contribution < 1.29 is 13.2 Å². The summed E-state index contributed by atoms with van der Waals surface area (Å²) < 4.78 is 44.1. The molecule has 2 aromatic heterocycles. The predicted octanol–water partition coefficient (Wildman–Crippen LogP) is 6.38. The number of halogens is 3. The van der Waals surface area contributed by atoms with Gasteiger partial charge in [0.2, 0.25) is 0 Å². The Kier molecular flexibility index (Phi) is 3.84. The quantitative estimate of drug-likeness (QED) is 0.384. The maximum atomic E-state index is 14.5. The smallest absolute Gasteiger partial charge is 0.197 e. The molecule has 1 N–H and O–H groups in total. The Bertz CT molecular complexity index is 1320. The highest BCUT2D eigenvalue weighted by molar-refractivity contribution is 7.23. The molecule has 0 radical (unpaired) electrons. The van der Waals surface area contributed by atoms with E-state index < -0.39 is 11.6 Å². The molecule has 0 atom stereocenters. The van der Waals surface area contributed by atoms with Gasteiger partial charge in [-0.1, -0.05) is 23.5 Å². The second kappa shape index (κ2) is 6.38. The number of aromatic nitrogens is 2. The highest BCUT2D eigenvalue weighted by atomic mass is 32.1. The van der Waals surface area contributed by atoms with Gasteiger partial charge >= 0.3 is 0 Å². The fraction of sp³-hybridized carbons (Fsp3) is 0. The van der Waals surface area contributed by atoms with Crippen LogP contribution in [0, 0.1) is 17.5 Å². The Morgan fingerprint density at radius 3 is 2.39 bits per heavy atom. The lowest BCUT2D eigenvalue weighted by molar-refractivity contribution is 0.585. The molecule has 0 saturated carbocycles. The van der Waals surface area contributed by atoms with E-state index in [0.29, 0.717) is 22.2 Å². The number of thiazole rings is 1. The standard InChI is InChI=1S/C21H12F3N3S/c22-12-5-8-14(9-6-12)25-20-19(15-10-7-13(23)11-16(15)24)26-21-27(20)17-3-1-2-4-18(17)28-21/h1-11,25H. The molecule has 28 heavy (non-hydrogen) atoms. The number of rotatable bonds is 3. The zero-order valence-electron chi connectivity index (χ0n) is 14.3. The average Bonchev–Trinajstić information content (AvgIpc) is 3.20. The van der Waals surface area contributed by atoms with Crippen molar-refractivity contribution in [2.24, 2.45) is 0 Å². The number of anilines is 2. The minimum absolute atomic E-state index is 0.186. The van der Waals surface area contributed by atoms with Crippen LogP contribution in [0.2, 0.25) is 0 Å². The molecule has 0 spiro atoms. The van der Waals surface area contributed by atoms with Crippen LogP contribution in [0.3, 0.4) is 0 Å². The van der Waals surface area contributed by atoms with Gasteiger partial charge in [-0.2, -0.15) is 0 Å². The normalized spacial score (nSPS) is 11.4. The van der Waals surface area contributed by atoms with E-state index in [9.17, 15) is 13.2 Å². The van der Waals surface area contributed by atoms with Crippen LogP contribution in [0.4, 0.5) is 24.7 Å². The summed E-state index contributed by atoms with van der Waals surface area (Å²) in [7, 11) is 0. The second-order valence-corrected chi connectivity index (χ2v) is 7.26. The van der Waals surface area contributed by atoms with Crippen molar-refractivity contribution in [2.45, 2.75) is 0 Å². The van der Waals surface area contributed by atoms with E-state index >= 15 is 0 Å². The molecule has 7 heteroatoms. The lowest BCUT2D eigenvalue weighted by Gasteiger charge is -2.10. The zero-order chi connectivity index (χ0) is 19.3. The summed E-state index contributed by atoms with van der Waals surface area (Å²) in [5.74, 6) is -1.17. The van der Waals surface area contributed by atoms with E-state index in [1.165, 1.54) is 35.6 Å². The highest BCUT2D eigenvalue weighted by Crippen LogP contribution is 2.38. The minimum Gasteiger partial charge on any atom is -0.339 e. The number of benzene rings is 3. The van der Waals surface area contributed by atoms with Gasteiger partial charge in [0.05, 0.1) is 10.2 Å². The monoisotopic (exact) mass is 395 g/mol. The van der Waals surface area contributed by atoms with E-state index in [2.05, 4.69) is 10.3 Å². The molecule has 0 fully saturated rings. The number of nitrogens with one attached hydrogen (secondary N) is 1. The minimum atomic E-state index is -0.697. The van der Waals surface area contributed by atoms with Crippen LogP contribution in [0.15, 0.2) is 66.7 Å². The summed E-state index contributed by atoms with van der Waals surface area (Å²) in [6.45, 7) is 0. The first-order chi connectivity index (χ1) is 13.6. The van der Waals surface area contributed by atoms with Crippen LogP contribution >= 0.6 is 11.3 Å². The largest absolute Gasteiger partial charge is 0.339 e. The number of hydrogen-bond acceptors (Lipinski definition) is 3. The van der Waals surface area contributed by atoms with E-state index in [1.807, 2.05) is 28.7 Å². The number of para-hydroxylation sites is 1. The summed E-state index contributed by atoms with van der Waals surface area (Å²) in [4.78, 5) is 5.28. The molecule has 2 heterocycles. The summed E-state index contributed by atoms with van der Waals surface area (Å²) in [5, 5.41) is 3.22.